The molecular weight excluding hydrogens is 324 g/mol. The van der Waals surface area contributed by atoms with Crippen LogP contribution in [0.4, 0.5) is 8.78 Å². The largest absolute Gasteiger partial charge is 0.322 e. The summed E-state index contributed by atoms with van der Waals surface area (Å²) in [6.45, 7) is 12.1. The molecule has 0 saturated carbocycles. The van der Waals surface area contributed by atoms with Crippen LogP contribution in [0, 0.1) is 11.3 Å². The van der Waals surface area contributed by atoms with Gasteiger partial charge in [-0.1, -0.05) is 39.5 Å². The van der Waals surface area contributed by atoms with Gasteiger partial charge in [-0.2, -0.15) is 5.10 Å². The van der Waals surface area contributed by atoms with Crippen molar-refractivity contribution in [3.05, 3.63) is 53.0 Å². The van der Waals surface area contributed by atoms with Gasteiger partial charge in [0.1, 0.15) is 5.69 Å². The second-order valence-corrected chi connectivity index (χ2v) is 7.08. The van der Waals surface area contributed by atoms with Crippen LogP contribution in [0.2, 0.25) is 0 Å². The molecule has 0 aliphatic heterocycles. The fraction of sp³-hybridized carbons (Fsp3) is 0.474. The Bertz CT molecular complexity index is 757. The molecule has 0 fully saturated rings. The monoisotopic (exact) mass is 349 g/mol. The van der Waals surface area contributed by atoms with Gasteiger partial charge in [0, 0.05) is 18.9 Å². The molecule has 0 spiro atoms. The maximum atomic E-state index is 13.1. The number of carbonyl (C=O) groups is 1. The smallest absolute Gasteiger partial charge is 0.282 e. The molecule has 0 radical (unpaired) electrons. The maximum absolute atomic E-state index is 13.1. The minimum atomic E-state index is -2.80. The fourth-order valence-electron chi connectivity index (χ4n) is 3.73. The third kappa shape index (κ3) is 3.57. The Morgan fingerprint density at radius 3 is 2.68 bits per heavy atom. The van der Waals surface area contributed by atoms with E-state index < -0.39 is 18.0 Å². The Hall–Kier alpha value is -2.24. The van der Waals surface area contributed by atoms with E-state index in [1.54, 1.807) is 6.08 Å². The second kappa shape index (κ2) is 6.94. The van der Waals surface area contributed by atoms with Crippen molar-refractivity contribution < 1.29 is 13.6 Å². The highest BCUT2D eigenvalue weighted by molar-refractivity contribution is 5.96. The number of nitrogens with one attached hydrogen (secondary N) is 1. The van der Waals surface area contributed by atoms with Crippen molar-refractivity contribution in [2.75, 3.05) is 0 Å². The zero-order valence-electron chi connectivity index (χ0n) is 15.4. The summed E-state index contributed by atoms with van der Waals surface area (Å²) in [4.78, 5) is 12.6. The summed E-state index contributed by atoms with van der Waals surface area (Å²) in [7, 11) is 1.51. The summed E-state index contributed by atoms with van der Waals surface area (Å²) < 4.78 is 27.4. The van der Waals surface area contributed by atoms with E-state index in [9.17, 15) is 13.6 Å². The van der Waals surface area contributed by atoms with Crippen LogP contribution in [-0.4, -0.2) is 15.7 Å². The zero-order chi connectivity index (χ0) is 18.9. The summed E-state index contributed by atoms with van der Waals surface area (Å²) in [5.41, 5.74) is 2.07. The highest BCUT2D eigenvalue weighted by Crippen LogP contribution is 2.48. The highest BCUT2D eigenvalue weighted by Gasteiger charge is 2.37. The van der Waals surface area contributed by atoms with Crippen molar-refractivity contribution in [3.63, 3.8) is 0 Å². The van der Waals surface area contributed by atoms with E-state index in [1.165, 1.54) is 17.9 Å². The molecule has 1 aromatic heterocycles. The van der Waals surface area contributed by atoms with Crippen LogP contribution in [0.25, 0.3) is 0 Å². The average Bonchev–Trinajstić information content (AvgIpc) is 3.01. The number of hydrogen-bond donors (Lipinski definition) is 1. The van der Waals surface area contributed by atoms with Crippen molar-refractivity contribution in [3.8, 4) is 0 Å². The Morgan fingerprint density at radius 2 is 2.16 bits per heavy atom. The Balaban J connectivity index is 2.38. The Kier molecular flexibility index (Phi) is 5.30. The van der Waals surface area contributed by atoms with E-state index in [1.807, 2.05) is 13.0 Å². The predicted molar refractivity (Wildman–Crippen MR) is 94.2 cm³/mol. The number of carbonyl (C=O) groups excluding carboxylic acids is 1. The van der Waals surface area contributed by atoms with Gasteiger partial charge in [0.05, 0.1) is 5.56 Å². The number of alkyl halides is 2. The van der Waals surface area contributed by atoms with Gasteiger partial charge in [-0.25, -0.2) is 8.78 Å². The standard InChI is InChI=1S/C19H25F2N3O/c1-7-13-15(11(3)9-19(13,4)5)14(8-2)22-18(25)12-10-24(6)23-16(12)17(20)21/h7-8,10-11,17H,1,9H2,2-6H3,(H,22,25)/b14-8+/t11-/m0/s1. The molecule has 1 N–H and O–H groups in total. The van der Waals surface area contributed by atoms with Crippen LogP contribution >= 0.6 is 0 Å². The van der Waals surface area contributed by atoms with Crippen molar-refractivity contribution in [2.45, 2.75) is 40.5 Å². The molecule has 4 nitrogen and oxygen atoms in total. The lowest BCUT2D eigenvalue weighted by Gasteiger charge is -2.20. The van der Waals surface area contributed by atoms with Gasteiger partial charge in [-0.3, -0.25) is 9.48 Å². The van der Waals surface area contributed by atoms with Crippen molar-refractivity contribution in [1.82, 2.24) is 15.1 Å². The molecule has 25 heavy (non-hydrogen) atoms. The summed E-state index contributed by atoms with van der Waals surface area (Å²) in [5, 5.41) is 6.49. The van der Waals surface area contributed by atoms with Gasteiger partial charge < -0.3 is 5.32 Å². The minimum absolute atomic E-state index is 0.0437. The molecule has 136 valence electrons. The molecule has 1 aliphatic carbocycles. The van der Waals surface area contributed by atoms with Crippen molar-refractivity contribution >= 4 is 5.91 Å². The van der Waals surface area contributed by atoms with E-state index in [0.29, 0.717) is 5.70 Å². The van der Waals surface area contributed by atoms with Gasteiger partial charge in [-0.05, 0) is 35.8 Å². The normalized spacial score (nSPS) is 20.3. The van der Waals surface area contributed by atoms with Gasteiger partial charge in [-0.15, -0.1) is 0 Å². The molecule has 1 amide bonds. The summed E-state index contributed by atoms with van der Waals surface area (Å²) in [6.07, 6.45) is 3.07. The summed E-state index contributed by atoms with van der Waals surface area (Å²) in [6, 6.07) is 0. The molecule has 0 unspecified atom stereocenters. The van der Waals surface area contributed by atoms with Crippen LogP contribution in [0.5, 0.6) is 0 Å². The van der Waals surface area contributed by atoms with Gasteiger partial charge in [0.25, 0.3) is 12.3 Å². The maximum Gasteiger partial charge on any atom is 0.282 e. The first-order chi connectivity index (χ1) is 11.6. The fourth-order valence-corrected chi connectivity index (χ4v) is 3.73. The van der Waals surface area contributed by atoms with Crippen LogP contribution < -0.4 is 5.32 Å². The van der Waals surface area contributed by atoms with Crippen LogP contribution in [0.3, 0.4) is 0 Å². The molecule has 0 saturated heterocycles. The molecule has 1 atom stereocenters. The first kappa shape index (κ1) is 19.1. The molecule has 6 heteroatoms. The highest BCUT2D eigenvalue weighted by atomic mass is 19.3. The van der Waals surface area contributed by atoms with Gasteiger partial charge in [0.15, 0.2) is 0 Å². The zero-order valence-corrected chi connectivity index (χ0v) is 15.4. The quantitative estimate of drug-likeness (QED) is 0.848. The molecule has 1 aliphatic rings. The average molecular weight is 349 g/mol. The van der Waals surface area contributed by atoms with Crippen LogP contribution in [0.15, 0.2) is 41.8 Å². The lowest BCUT2D eigenvalue weighted by Crippen LogP contribution is -2.25. The van der Waals surface area contributed by atoms with Crippen LogP contribution in [0.1, 0.15) is 56.6 Å². The lowest BCUT2D eigenvalue weighted by atomic mass is 9.84. The van der Waals surface area contributed by atoms with E-state index in [0.717, 1.165) is 17.6 Å². The molecule has 0 bridgehead atoms. The number of aromatic nitrogens is 2. The number of hydrogen-bond acceptors (Lipinski definition) is 2. The SMILES string of the molecule is C=CC1=C(/C(=C\C)NC(=O)c2cn(C)nc2C(F)F)[C@@H](C)CC1(C)C. The summed E-state index contributed by atoms with van der Waals surface area (Å²) in [5.74, 6) is -0.345. The van der Waals surface area contributed by atoms with E-state index in [-0.39, 0.29) is 16.9 Å². The Morgan fingerprint density at radius 1 is 1.52 bits per heavy atom. The van der Waals surface area contributed by atoms with Crippen molar-refractivity contribution in [2.24, 2.45) is 18.4 Å². The van der Waals surface area contributed by atoms with Gasteiger partial charge >= 0.3 is 0 Å². The number of halogens is 2. The molecule has 0 aromatic carbocycles. The number of aryl methyl sites for hydroxylation is 1. The van der Waals surface area contributed by atoms with E-state index in [2.05, 4.69) is 37.8 Å². The first-order valence-corrected chi connectivity index (χ1v) is 8.29. The third-order valence-corrected chi connectivity index (χ3v) is 4.67. The molecule has 1 heterocycles. The first-order valence-electron chi connectivity index (χ1n) is 8.29. The lowest BCUT2D eigenvalue weighted by molar-refractivity contribution is 0.0951. The van der Waals surface area contributed by atoms with Gasteiger partial charge in [0.2, 0.25) is 0 Å². The molecular formula is C19H25F2N3O. The summed E-state index contributed by atoms with van der Waals surface area (Å²) >= 11 is 0. The number of amides is 1. The third-order valence-electron chi connectivity index (χ3n) is 4.67. The van der Waals surface area contributed by atoms with Crippen LogP contribution in [-0.2, 0) is 7.05 Å². The molecule has 2 rings (SSSR count). The van der Waals surface area contributed by atoms with Crippen molar-refractivity contribution in [1.29, 1.82) is 0 Å². The Labute approximate surface area is 147 Å². The number of nitrogens with zero attached hydrogens (tertiary/aromatic N) is 2. The molecule has 1 aromatic rings. The van der Waals surface area contributed by atoms with E-state index in [4.69, 9.17) is 0 Å². The second-order valence-electron chi connectivity index (χ2n) is 7.08. The van der Waals surface area contributed by atoms with E-state index >= 15 is 0 Å². The number of allylic oxidation sites excluding steroid dienone is 4. The predicted octanol–water partition coefficient (Wildman–Crippen LogP) is 4.54. The topological polar surface area (TPSA) is 46.9 Å². The number of rotatable bonds is 5. The minimum Gasteiger partial charge on any atom is -0.322 e.